The smallest absolute Gasteiger partial charge is 0.339 e. The maximum absolute atomic E-state index is 13.6. The number of phenolic OH excluding ortho intramolecular Hbond substituents is 6. The van der Waals surface area contributed by atoms with Gasteiger partial charge in [0.1, 0.15) is 24.6 Å². The average molecular weight is 654 g/mol. The molecule has 0 aromatic heterocycles. The summed E-state index contributed by atoms with van der Waals surface area (Å²) in [5.74, 6) is -19.7. The Morgan fingerprint density at radius 3 is 2.02 bits per heavy atom. The van der Waals surface area contributed by atoms with Crippen molar-refractivity contribution >= 4 is 23.9 Å². The van der Waals surface area contributed by atoms with Gasteiger partial charge in [0, 0.05) is 5.56 Å². The minimum absolute atomic E-state index is 0.461. The number of aliphatic hydroxyl groups excluding tert-OH is 5. The number of carbonyl (C=O) groups excluding carboxylic acids is 3. The number of carbonyl (C=O) groups is 4. The summed E-state index contributed by atoms with van der Waals surface area (Å²) in [6, 6.07) is 1.66. The highest BCUT2D eigenvalue weighted by molar-refractivity contribution is 5.95. The number of ether oxygens (including phenoxy) is 3. The second-order valence-electron chi connectivity index (χ2n) is 10.2. The predicted octanol–water partition coefficient (Wildman–Crippen LogP) is -1.17. The van der Waals surface area contributed by atoms with Crippen LogP contribution in [-0.2, 0) is 23.8 Å². The van der Waals surface area contributed by atoms with E-state index in [0.717, 1.165) is 0 Å². The maximum Gasteiger partial charge on any atom is 0.339 e. The van der Waals surface area contributed by atoms with Gasteiger partial charge in [0.2, 0.25) is 5.75 Å². The molecule has 0 spiro atoms. The van der Waals surface area contributed by atoms with Crippen molar-refractivity contribution in [2.45, 2.75) is 42.9 Å². The van der Waals surface area contributed by atoms with Crippen LogP contribution in [-0.4, -0.2) is 122 Å². The van der Waals surface area contributed by atoms with Crippen LogP contribution in [0.3, 0.4) is 0 Å². The van der Waals surface area contributed by atoms with E-state index in [9.17, 15) is 80.5 Å². The van der Waals surface area contributed by atoms with Crippen LogP contribution >= 0.6 is 0 Å². The van der Waals surface area contributed by atoms with Crippen molar-refractivity contribution < 1.29 is 94.7 Å². The fourth-order valence-corrected chi connectivity index (χ4v) is 5.00. The number of esters is 3. The van der Waals surface area contributed by atoms with Gasteiger partial charge in [0.05, 0.1) is 23.0 Å². The molecule has 2 aromatic carbocycles. The molecule has 5 unspecified atom stereocenters. The van der Waals surface area contributed by atoms with E-state index in [2.05, 4.69) is 0 Å². The summed E-state index contributed by atoms with van der Waals surface area (Å²) in [5.41, 5.74) is -2.55. The highest BCUT2D eigenvalue weighted by atomic mass is 16.6. The number of carboxylic acids is 1. The summed E-state index contributed by atoms with van der Waals surface area (Å²) < 4.78 is 15.5. The second kappa shape index (κ2) is 12.4. The number of phenols is 6. The number of aromatic hydroxyl groups is 6. The van der Waals surface area contributed by atoms with Gasteiger partial charge in [-0.25, -0.2) is 14.4 Å². The second-order valence-corrected chi connectivity index (χ2v) is 10.2. The van der Waals surface area contributed by atoms with Crippen LogP contribution in [0, 0.1) is 5.92 Å². The van der Waals surface area contributed by atoms with Crippen LogP contribution in [0.5, 0.6) is 34.5 Å². The highest BCUT2D eigenvalue weighted by Crippen LogP contribution is 2.50. The first-order valence-corrected chi connectivity index (χ1v) is 13.0. The standard InChI is InChI=1S/C27H26O19/c28-9-1-6(2-10(29)16(9)32)25(41)45-13-5-44-26(42)7-3-11(30)17(33)19(35)14(7)15-8(4-12(31)18(34)20(15)36)27(43)46-23(13)21(37)22(38)24(39)40/h1-2,4,7,11,13-14,21-23,28-38H,3,5H2,(H,39,40)/t7?,11-,13?,14-,21?,22?,23?/m1/s1. The van der Waals surface area contributed by atoms with Gasteiger partial charge in [-0.15, -0.1) is 0 Å². The lowest BCUT2D eigenvalue weighted by Gasteiger charge is -2.33. The third kappa shape index (κ3) is 5.88. The van der Waals surface area contributed by atoms with E-state index in [-0.39, 0.29) is 0 Å². The largest absolute Gasteiger partial charge is 0.508 e. The van der Waals surface area contributed by atoms with Crippen LogP contribution in [0.2, 0.25) is 0 Å². The molecule has 1 aliphatic carbocycles. The number of carboxylic acid groups (broad SMARTS) is 1. The quantitative estimate of drug-likeness (QED) is 0.103. The van der Waals surface area contributed by atoms with Crippen LogP contribution in [0.15, 0.2) is 29.7 Å². The number of aliphatic carboxylic acids is 1. The monoisotopic (exact) mass is 654 g/mol. The van der Waals surface area contributed by atoms with Gasteiger partial charge in [-0.3, -0.25) is 4.79 Å². The molecule has 46 heavy (non-hydrogen) atoms. The minimum atomic E-state index is -2.77. The lowest BCUT2D eigenvalue weighted by atomic mass is 9.74. The lowest BCUT2D eigenvalue weighted by Crippen LogP contribution is -2.52. The van der Waals surface area contributed by atoms with Gasteiger partial charge in [0.15, 0.2) is 52.8 Å². The number of cyclic esters (lactones) is 2. The molecule has 0 bridgehead atoms. The van der Waals surface area contributed by atoms with Crippen LogP contribution < -0.4 is 0 Å². The maximum atomic E-state index is 13.6. The molecule has 0 amide bonds. The normalized spacial score (nSPS) is 24.7. The zero-order valence-corrected chi connectivity index (χ0v) is 22.9. The van der Waals surface area contributed by atoms with E-state index in [1.807, 2.05) is 0 Å². The first-order chi connectivity index (χ1) is 21.5. The van der Waals surface area contributed by atoms with E-state index in [1.165, 1.54) is 0 Å². The van der Waals surface area contributed by atoms with Gasteiger partial charge in [-0.2, -0.15) is 0 Å². The Bertz CT molecular complexity index is 1610. The number of hydrogen-bond donors (Lipinski definition) is 12. The Hall–Kier alpha value is -5.66. The summed E-state index contributed by atoms with van der Waals surface area (Å²) in [6.45, 7) is -1.23. The molecule has 19 heteroatoms. The fraction of sp³-hybridized carbons (Fsp3) is 0.333. The van der Waals surface area contributed by atoms with Crippen molar-refractivity contribution in [2.24, 2.45) is 5.92 Å². The lowest BCUT2D eigenvalue weighted by molar-refractivity contribution is -0.171. The average Bonchev–Trinajstić information content (AvgIpc) is 3.01. The molecule has 248 valence electrons. The molecule has 0 saturated carbocycles. The summed E-state index contributed by atoms with van der Waals surface area (Å²) in [7, 11) is 0. The number of fused-ring (bicyclic) bond motifs is 3. The van der Waals surface area contributed by atoms with Gasteiger partial charge >= 0.3 is 23.9 Å². The van der Waals surface area contributed by atoms with Crippen molar-refractivity contribution in [3.63, 3.8) is 0 Å². The molecule has 2 aromatic rings. The summed E-state index contributed by atoms with van der Waals surface area (Å²) >= 11 is 0. The summed E-state index contributed by atoms with van der Waals surface area (Å²) in [5, 5.41) is 122. The fourth-order valence-electron chi connectivity index (χ4n) is 5.00. The predicted molar refractivity (Wildman–Crippen MR) is 141 cm³/mol. The van der Waals surface area contributed by atoms with Gasteiger partial charge < -0.3 is 75.5 Å². The van der Waals surface area contributed by atoms with Gasteiger partial charge in [-0.1, -0.05) is 0 Å². The molecule has 0 fully saturated rings. The van der Waals surface area contributed by atoms with E-state index < -0.39 is 142 Å². The van der Waals surface area contributed by atoms with E-state index in [1.54, 1.807) is 0 Å². The van der Waals surface area contributed by atoms with Crippen LogP contribution in [0.4, 0.5) is 0 Å². The molecular formula is C27H26O19. The Balaban J connectivity index is 1.91. The Kier molecular flexibility index (Phi) is 8.95. The molecule has 2 aliphatic rings. The Morgan fingerprint density at radius 2 is 1.43 bits per heavy atom. The van der Waals surface area contributed by atoms with E-state index in [0.29, 0.717) is 18.2 Å². The molecule has 0 radical (unpaired) electrons. The number of allylic oxidation sites excluding steroid dienone is 1. The van der Waals surface area contributed by atoms with Crippen molar-refractivity contribution in [2.75, 3.05) is 6.61 Å². The van der Waals surface area contributed by atoms with Gasteiger partial charge in [0.25, 0.3) is 0 Å². The molecular weight excluding hydrogens is 628 g/mol. The third-order valence-electron chi connectivity index (χ3n) is 7.36. The molecule has 1 aliphatic heterocycles. The van der Waals surface area contributed by atoms with Crippen LogP contribution in [0.1, 0.15) is 38.6 Å². The summed E-state index contributed by atoms with van der Waals surface area (Å²) in [4.78, 5) is 51.4. The molecule has 19 nitrogen and oxygen atoms in total. The minimum Gasteiger partial charge on any atom is -0.508 e. The Morgan fingerprint density at radius 1 is 0.848 bits per heavy atom. The number of benzene rings is 2. The van der Waals surface area contributed by atoms with Crippen molar-refractivity contribution in [1.29, 1.82) is 0 Å². The van der Waals surface area contributed by atoms with Crippen LogP contribution in [0.25, 0.3) is 0 Å². The van der Waals surface area contributed by atoms with Crippen molar-refractivity contribution in [3.8, 4) is 34.5 Å². The van der Waals surface area contributed by atoms with Crippen molar-refractivity contribution in [3.05, 3.63) is 46.4 Å². The van der Waals surface area contributed by atoms with E-state index >= 15 is 0 Å². The van der Waals surface area contributed by atoms with Crippen molar-refractivity contribution in [1.82, 2.24) is 0 Å². The summed E-state index contributed by atoms with van der Waals surface area (Å²) in [6.07, 6.45) is -12.9. The molecule has 4 rings (SSSR count). The first kappa shape index (κ1) is 33.2. The highest BCUT2D eigenvalue weighted by Gasteiger charge is 2.49. The molecule has 0 saturated heterocycles. The molecule has 1 heterocycles. The zero-order chi connectivity index (χ0) is 34.4. The molecule has 12 N–H and O–H groups in total. The zero-order valence-electron chi connectivity index (χ0n) is 22.9. The molecule has 7 atom stereocenters. The SMILES string of the molecule is O=C(OC1COC(=O)C2C[C@@H](O)C(O)=C(O)[C@H]2c2c(cc(O)c(O)c2O)C(=O)OC1C(O)C(O)C(=O)O)c1cc(O)c(O)c(O)c1. The third-order valence-corrected chi connectivity index (χ3v) is 7.36. The first-order valence-electron chi connectivity index (χ1n) is 13.0. The van der Waals surface area contributed by atoms with E-state index in [4.69, 9.17) is 14.2 Å². The Labute approximate surface area is 255 Å². The number of rotatable bonds is 5. The van der Waals surface area contributed by atoms with Gasteiger partial charge in [-0.05, 0) is 24.6 Å². The topological polar surface area (TPSA) is 339 Å². The number of hydrogen-bond acceptors (Lipinski definition) is 18. The number of aliphatic hydroxyl groups is 5.